The van der Waals surface area contributed by atoms with Crippen molar-refractivity contribution < 1.29 is 14.3 Å². The van der Waals surface area contributed by atoms with E-state index in [0.29, 0.717) is 18.4 Å². The number of aliphatic hydroxyl groups is 1. The van der Waals surface area contributed by atoms with E-state index in [1.54, 1.807) is 0 Å². The predicted molar refractivity (Wildman–Crippen MR) is 87.9 cm³/mol. The molecule has 1 aromatic heterocycles. The van der Waals surface area contributed by atoms with Crippen molar-refractivity contribution in [2.24, 2.45) is 11.1 Å². The molecule has 5 atom stereocenters. The van der Waals surface area contributed by atoms with Gasteiger partial charge in [-0.2, -0.15) is 4.91 Å². The van der Waals surface area contributed by atoms with Crippen LogP contribution >= 0.6 is 0 Å². The molecule has 0 amide bonds. The maximum Gasteiger partial charge on any atom is 0.336 e. The van der Waals surface area contributed by atoms with Crippen LogP contribution in [-0.2, 0) is 11.2 Å². The average molecular weight is 329 g/mol. The minimum absolute atomic E-state index is 0.0236. The van der Waals surface area contributed by atoms with Crippen LogP contribution < -0.4 is 5.63 Å². The number of rotatable bonds is 3. The molecule has 6 nitrogen and oxygen atoms in total. The van der Waals surface area contributed by atoms with Crippen LogP contribution in [0.3, 0.4) is 0 Å². The number of aryl methyl sites for hydroxylation is 1. The van der Waals surface area contributed by atoms with Crippen LogP contribution in [0.2, 0.25) is 0 Å². The molecule has 2 fully saturated rings. The lowest BCUT2D eigenvalue weighted by Gasteiger charge is -2.22. The van der Waals surface area contributed by atoms with Gasteiger partial charge in [0.15, 0.2) is 0 Å². The first-order chi connectivity index (χ1) is 11.5. The molecule has 2 heterocycles. The van der Waals surface area contributed by atoms with E-state index in [4.69, 9.17) is 9.15 Å². The second-order valence-corrected chi connectivity index (χ2v) is 6.87. The Kier molecular flexibility index (Phi) is 3.73. The van der Waals surface area contributed by atoms with E-state index >= 15 is 0 Å². The molecule has 5 unspecified atom stereocenters. The van der Waals surface area contributed by atoms with Crippen molar-refractivity contribution in [3.8, 4) is 0 Å². The Hall–Kier alpha value is -2.05. The Bertz CT molecular complexity index is 845. The first-order valence-electron chi connectivity index (χ1n) is 8.24. The van der Waals surface area contributed by atoms with Crippen LogP contribution in [0, 0.1) is 17.7 Å². The lowest BCUT2D eigenvalue weighted by Crippen LogP contribution is -2.32. The number of nitrogens with zero attached hydrogens (tertiary/aromatic N) is 1. The number of aliphatic hydroxyl groups excluding tert-OH is 1. The van der Waals surface area contributed by atoms with Gasteiger partial charge in [0.25, 0.3) is 0 Å². The van der Waals surface area contributed by atoms with Crippen molar-refractivity contribution in [1.29, 1.82) is 0 Å². The molecule has 24 heavy (non-hydrogen) atoms. The largest absolute Gasteiger partial charge is 0.423 e. The monoisotopic (exact) mass is 329 g/mol. The second kappa shape index (κ2) is 5.79. The number of fused-ring (bicyclic) bond motifs is 2. The summed E-state index contributed by atoms with van der Waals surface area (Å²) in [4.78, 5) is 22.5. The zero-order valence-corrected chi connectivity index (χ0v) is 13.3. The van der Waals surface area contributed by atoms with E-state index in [1.165, 1.54) is 6.07 Å². The molecule has 2 aliphatic rings. The minimum atomic E-state index is -0.722. The molecular weight excluding hydrogens is 310 g/mol. The molecule has 4 rings (SSSR count). The summed E-state index contributed by atoms with van der Waals surface area (Å²) in [6.07, 6.45) is 0.614. The first-order valence-corrected chi connectivity index (χ1v) is 8.24. The van der Waals surface area contributed by atoms with Crippen molar-refractivity contribution in [3.05, 3.63) is 50.7 Å². The average Bonchev–Trinajstić information content (AvgIpc) is 3.30. The lowest BCUT2D eigenvalue weighted by molar-refractivity contribution is -0.0400. The smallest absolute Gasteiger partial charge is 0.336 e. The summed E-state index contributed by atoms with van der Waals surface area (Å²) in [6.45, 7) is 1.87. The number of benzene rings is 1. The van der Waals surface area contributed by atoms with E-state index in [9.17, 15) is 14.8 Å². The Morgan fingerprint density at radius 2 is 2.12 bits per heavy atom. The molecule has 126 valence electrons. The van der Waals surface area contributed by atoms with Crippen molar-refractivity contribution in [2.45, 2.75) is 50.5 Å². The number of hydrogen-bond acceptors (Lipinski definition) is 6. The van der Waals surface area contributed by atoms with Crippen LogP contribution in [0.4, 0.5) is 0 Å². The fourth-order valence-electron chi connectivity index (χ4n) is 3.67. The summed E-state index contributed by atoms with van der Waals surface area (Å²) in [6, 6.07) is 6.81. The number of nitroso groups, excluding NO2 is 1. The van der Waals surface area contributed by atoms with Gasteiger partial charge in [0.2, 0.25) is 0 Å². The van der Waals surface area contributed by atoms with E-state index in [2.05, 4.69) is 5.18 Å². The van der Waals surface area contributed by atoms with E-state index in [0.717, 1.165) is 22.9 Å². The molecule has 0 bridgehead atoms. The van der Waals surface area contributed by atoms with Crippen molar-refractivity contribution in [1.82, 2.24) is 0 Å². The Morgan fingerprint density at radius 1 is 1.29 bits per heavy atom. The molecule has 1 saturated carbocycles. The molecule has 6 heteroatoms. The van der Waals surface area contributed by atoms with Gasteiger partial charge in [0, 0.05) is 30.2 Å². The van der Waals surface area contributed by atoms with Gasteiger partial charge in [0.1, 0.15) is 5.58 Å². The molecule has 0 spiro atoms. The quantitative estimate of drug-likeness (QED) is 0.689. The Labute approximate surface area is 138 Å². The molecular formula is C18H19NO5. The molecule has 1 saturated heterocycles. The van der Waals surface area contributed by atoms with Crippen molar-refractivity contribution in [3.63, 3.8) is 0 Å². The van der Waals surface area contributed by atoms with Crippen molar-refractivity contribution >= 4 is 11.0 Å². The lowest BCUT2D eigenvalue weighted by atomic mass is 9.97. The Balaban J connectivity index is 1.59. The highest BCUT2D eigenvalue weighted by Crippen LogP contribution is 2.44. The molecule has 1 aliphatic heterocycles. The SMILES string of the molecule is Cc1cc(=O)oc2cc(CC3OC4CC4C(N=O)CC3O)ccc12. The van der Waals surface area contributed by atoms with Crippen LogP contribution in [0.5, 0.6) is 0 Å². The fraction of sp³-hybridized carbons (Fsp3) is 0.500. The van der Waals surface area contributed by atoms with Gasteiger partial charge in [-0.25, -0.2) is 4.79 Å². The summed E-state index contributed by atoms with van der Waals surface area (Å²) >= 11 is 0. The number of ether oxygens (including phenoxy) is 1. The Morgan fingerprint density at radius 3 is 2.92 bits per heavy atom. The summed E-state index contributed by atoms with van der Waals surface area (Å²) in [5.74, 6) is 0.152. The summed E-state index contributed by atoms with van der Waals surface area (Å²) in [5, 5.41) is 14.4. The highest BCUT2D eigenvalue weighted by molar-refractivity contribution is 5.80. The van der Waals surface area contributed by atoms with E-state index in [-0.39, 0.29) is 29.8 Å². The van der Waals surface area contributed by atoms with Crippen LogP contribution in [0.15, 0.2) is 38.7 Å². The molecule has 1 aliphatic carbocycles. The summed E-state index contributed by atoms with van der Waals surface area (Å²) < 4.78 is 11.2. The topological polar surface area (TPSA) is 89.1 Å². The second-order valence-electron chi connectivity index (χ2n) is 6.87. The number of hydrogen-bond donors (Lipinski definition) is 1. The van der Waals surface area contributed by atoms with Gasteiger partial charge in [-0.05, 0) is 30.5 Å². The molecule has 0 radical (unpaired) electrons. The van der Waals surface area contributed by atoms with Crippen molar-refractivity contribution in [2.75, 3.05) is 0 Å². The zero-order chi connectivity index (χ0) is 16.8. The molecule has 1 N–H and O–H groups in total. The third-order valence-electron chi connectivity index (χ3n) is 5.12. The molecule has 2 aromatic rings. The third-order valence-corrected chi connectivity index (χ3v) is 5.12. The highest BCUT2D eigenvalue weighted by Gasteiger charge is 2.50. The first kappa shape index (κ1) is 15.5. The van der Waals surface area contributed by atoms with Gasteiger partial charge in [-0.3, -0.25) is 0 Å². The minimum Gasteiger partial charge on any atom is -0.423 e. The van der Waals surface area contributed by atoms with Crippen LogP contribution in [0.25, 0.3) is 11.0 Å². The van der Waals surface area contributed by atoms with Crippen LogP contribution in [0.1, 0.15) is 24.0 Å². The third kappa shape index (κ3) is 2.76. The summed E-state index contributed by atoms with van der Waals surface area (Å²) in [5.41, 5.74) is 1.97. The normalized spacial score (nSPS) is 32.2. The van der Waals surface area contributed by atoms with E-state index < -0.39 is 6.10 Å². The van der Waals surface area contributed by atoms with Gasteiger partial charge in [-0.15, -0.1) is 0 Å². The van der Waals surface area contributed by atoms with Crippen LogP contribution in [-0.4, -0.2) is 29.5 Å². The fourth-order valence-corrected chi connectivity index (χ4v) is 3.67. The standard InChI is InChI=1S/C18H19NO5/c1-9-4-18(21)24-15-5-10(2-3-11(9)15)6-17-14(20)8-13(19-22)12-7-16(12)23-17/h2-5,12-14,16-17,20H,6-8H2,1H3. The van der Waals surface area contributed by atoms with Gasteiger partial charge in [-0.1, -0.05) is 17.3 Å². The maximum atomic E-state index is 11.5. The molecule has 1 aromatic carbocycles. The highest BCUT2D eigenvalue weighted by atomic mass is 16.5. The maximum absolute atomic E-state index is 11.5. The predicted octanol–water partition coefficient (Wildman–Crippen LogP) is 2.32. The van der Waals surface area contributed by atoms with Gasteiger partial charge >= 0.3 is 5.63 Å². The van der Waals surface area contributed by atoms with Gasteiger partial charge < -0.3 is 14.3 Å². The van der Waals surface area contributed by atoms with Gasteiger partial charge in [0.05, 0.1) is 24.4 Å². The summed E-state index contributed by atoms with van der Waals surface area (Å²) in [7, 11) is 0. The van der Waals surface area contributed by atoms with E-state index in [1.807, 2.05) is 25.1 Å². The zero-order valence-electron chi connectivity index (χ0n) is 13.3.